The molecule has 0 unspecified atom stereocenters. The Labute approximate surface area is 195 Å². The predicted octanol–water partition coefficient (Wildman–Crippen LogP) is 5.23. The number of nitrogens with one attached hydrogen (secondary N) is 1. The number of hydrogen-bond donors (Lipinski definition) is 1. The van der Waals surface area contributed by atoms with E-state index in [1.165, 1.54) is 40.3 Å². The number of nitrogens with zero attached hydrogens (tertiary/aromatic N) is 1. The molecule has 172 valence electrons. The molecule has 32 heavy (non-hydrogen) atoms. The summed E-state index contributed by atoms with van der Waals surface area (Å²) in [6.07, 6.45) is 5.40. The summed E-state index contributed by atoms with van der Waals surface area (Å²) in [5.41, 5.74) is 2.80. The van der Waals surface area contributed by atoms with E-state index in [2.05, 4.69) is 24.4 Å². The molecule has 6 heteroatoms. The van der Waals surface area contributed by atoms with Gasteiger partial charge in [-0.15, -0.1) is 11.8 Å². The smallest absolute Gasteiger partial charge is 0.242 e. The fourth-order valence-corrected chi connectivity index (χ4v) is 5.05. The Morgan fingerprint density at radius 2 is 1.72 bits per heavy atom. The van der Waals surface area contributed by atoms with E-state index in [0.29, 0.717) is 11.3 Å². The second-order valence-electron chi connectivity index (χ2n) is 8.55. The lowest BCUT2D eigenvalue weighted by Crippen LogP contribution is -2.51. The van der Waals surface area contributed by atoms with Crippen molar-refractivity contribution in [2.24, 2.45) is 0 Å². The minimum absolute atomic E-state index is 0.0791. The first-order valence-corrected chi connectivity index (χ1v) is 12.6. The molecule has 1 aliphatic carbocycles. The Hall–Kier alpha value is -2.34. The molecular formula is C26H33FN2O2S. The molecule has 0 aliphatic heterocycles. The largest absolute Gasteiger partial charge is 0.352 e. The van der Waals surface area contributed by atoms with Crippen LogP contribution in [0.3, 0.4) is 0 Å². The third-order valence-corrected chi connectivity index (χ3v) is 7.13. The molecule has 2 aromatic carbocycles. The molecule has 0 aromatic heterocycles. The van der Waals surface area contributed by atoms with E-state index in [9.17, 15) is 14.0 Å². The quantitative estimate of drug-likeness (QED) is 0.562. The fraction of sp³-hybridized carbons (Fsp3) is 0.462. The van der Waals surface area contributed by atoms with Crippen molar-refractivity contribution >= 4 is 23.6 Å². The van der Waals surface area contributed by atoms with Crippen LogP contribution in [0.25, 0.3) is 0 Å². The van der Waals surface area contributed by atoms with Crippen LogP contribution in [0.15, 0.2) is 48.5 Å². The number of carbonyl (C=O) groups is 2. The van der Waals surface area contributed by atoms with Crippen molar-refractivity contribution in [2.75, 3.05) is 5.75 Å². The maximum absolute atomic E-state index is 14.3. The first-order chi connectivity index (χ1) is 15.5. The Kier molecular flexibility index (Phi) is 9.15. The highest BCUT2D eigenvalue weighted by Gasteiger charge is 2.28. The third-order valence-electron chi connectivity index (χ3n) is 6.16. The summed E-state index contributed by atoms with van der Waals surface area (Å²) in [5.74, 6) is 0.278. The van der Waals surface area contributed by atoms with Gasteiger partial charge in [-0.05, 0) is 43.9 Å². The van der Waals surface area contributed by atoms with Crippen molar-refractivity contribution in [3.05, 3.63) is 71.0 Å². The van der Waals surface area contributed by atoms with Crippen molar-refractivity contribution in [2.45, 2.75) is 70.3 Å². The lowest BCUT2D eigenvalue weighted by Gasteiger charge is -2.31. The molecule has 1 aliphatic rings. The lowest BCUT2D eigenvalue weighted by molar-refractivity contribution is -0.139. The van der Waals surface area contributed by atoms with E-state index in [1.807, 2.05) is 12.1 Å². The van der Waals surface area contributed by atoms with Crippen LogP contribution in [0.2, 0.25) is 0 Å². The molecule has 1 saturated carbocycles. The third kappa shape index (κ3) is 6.83. The molecule has 0 bridgehead atoms. The second-order valence-corrected chi connectivity index (χ2v) is 9.54. The summed E-state index contributed by atoms with van der Waals surface area (Å²) in [4.78, 5) is 27.7. The summed E-state index contributed by atoms with van der Waals surface area (Å²) in [6.45, 7) is 3.87. The number of amides is 2. The van der Waals surface area contributed by atoms with Gasteiger partial charge in [0.25, 0.3) is 0 Å². The number of hydrogen-bond acceptors (Lipinski definition) is 3. The molecule has 4 nitrogen and oxygen atoms in total. The summed E-state index contributed by atoms with van der Waals surface area (Å²) in [5, 5.41) is 3.11. The number of halogens is 1. The first-order valence-electron chi connectivity index (χ1n) is 11.4. The normalized spacial score (nSPS) is 15.2. The van der Waals surface area contributed by atoms with Crippen molar-refractivity contribution in [3.8, 4) is 0 Å². The molecule has 0 saturated heterocycles. The Morgan fingerprint density at radius 1 is 1.06 bits per heavy atom. The van der Waals surface area contributed by atoms with E-state index in [0.717, 1.165) is 25.7 Å². The highest BCUT2D eigenvalue weighted by atomic mass is 32.2. The average Bonchev–Trinajstić information content (AvgIpc) is 2.80. The standard InChI is InChI=1S/C26H33FN2O2S/c1-19-10-6-7-12-22(19)17-32-18-25(30)29(16-21-11-8-9-15-24(21)27)20(2)26(31)28-23-13-4-3-5-14-23/h6-12,15,20,23H,3-5,13-14,16-18H2,1-2H3,(H,28,31)/t20-/m1/s1. The van der Waals surface area contributed by atoms with E-state index in [4.69, 9.17) is 0 Å². The Morgan fingerprint density at radius 3 is 2.41 bits per heavy atom. The minimum Gasteiger partial charge on any atom is -0.352 e. The highest BCUT2D eigenvalue weighted by molar-refractivity contribution is 7.99. The van der Waals surface area contributed by atoms with Gasteiger partial charge in [-0.2, -0.15) is 0 Å². The molecule has 2 aromatic rings. The van der Waals surface area contributed by atoms with Crippen LogP contribution in [-0.2, 0) is 21.9 Å². The van der Waals surface area contributed by atoms with Gasteiger partial charge in [-0.25, -0.2) is 4.39 Å². The summed E-state index contributed by atoms with van der Waals surface area (Å²) in [6, 6.07) is 14.0. The van der Waals surface area contributed by atoms with Gasteiger partial charge in [-0.1, -0.05) is 61.7 Å². The minimum atomic E-state index is -0.664. The average molecular weight is 457 g/mol. The van der Waals surface area contributed by atoms with Gasteiger partial charge >= 0.3 is 0 Å². The van der Waals surface area contributed by atoms with Crippen molar-refractivity contribution in [1.29, 1.82) is 0 Å². The SMILES string of the molecule is Cc1ccccc1CSCC(=O)N(Cc1ccccc1F)[C@H](C)C(=O)NC1CCCCC1. The highest BCUT2D eigenvalue weighted by Crippen LogP contribution is 2.20. The molecular weight excluding hydrogens is 423 g/mol. The lowest BCUT2D eigenvalue weighted by atomic mass is 9.95. The zero-order valence-electron chi connectivity index (χ0n) is 19.0. The van der Waals surface area contributed by atoms with Crippen molar-refractivity contribution < 1.29 is 14.0 Å². The van der Waals surface area contributed by atoms with Gasteiger partial charge in [-0.3, -0.25) is 9.59 Å². The van der Waals surface area contributed by atoms with Gasteiger partial charge in [0.1, 0.15) is 11.9 Å². The van der Waals surface area contributed by atoms with Crippen LogP contribution in [0, 0.1) is 12.7 Å². The molecule has 3 rings (SSSR count). The molecule has 0 spiro atoms. The maximum atomic E-state index is 14.3. The van der Waals surface area contributed by atoms with Gasteiger partial charge in [0, 0.05) is 23.9 Å². The molecule has 2 amide bonds. The molecule has 1 N–H and O–H groups in total. The summed E-state index contributed by atoms with van der Waals surface area (Å²) >= 11 is 1.52. The Balaban J connectivity index is 1.67. The monoisotopic (exact) mass is 456 g/mol. The van der Waals surface area contributed by atoms with Gasteiger partial charge in [0.2, 0.25) is 11.8 Å². The van der Waals surface area contributed by atoms with Crippen LogP contribution in [0.5, 0.6) is 0 Å². The zero-order chi connectivity index (χ0) is 22.9. The van der Waals surface area contributed by atoms with Crippen LogP contribution >= 0.6 is 11.8 Å². The van der Waals surface area contributed by atoms with Gasteiger partial charge in [0.15, 0.2) is 0 Å². The number of carbonyl (C=O) groups excluding carboxylic acids is 2. The maximum Gasteiger partial charge on any atom is 0.242 e. The fourth-order valence-electron chi connectivity index (χ4n) is 4.06. The van der Waals surface area contributed by atoms with Gasteiger partial charge in [0.05, 0.1) is 5.75 Å². The Bertz CT molecular complexity index is 914. The number of thioether (sulfide) groups is 1. The van der Waals surface area contributed by atoms with Crippen LogP contribution < -0.4 is 5.32 Å². The topological polar surface area (TPSA) is 49.4 Å². The molecule has 1 atom stereocenters. The van der Waals surface area contributed by atoms with E-state index in [1.54, 1.807) is 25.1 Å². The summed E-state index contributed by atoms with van der Waals surface area (Å²) in [7, 11) is 0. The molecule has 0 heterocycles. The van der Waals surface area contributed by atoms with E-state index < -0.39 is 6.04 Å². The number of benzene rings is 2. The van der Waals surface area contributed by atoms with Crippen LogP contribution in [0.1, 0.15) is 55.7 Å². The predicted molar refractivity (Wildman–Crippen MR) is 129 cm³/mol. The number of rotatable bonds is 9. The van der Waals surface area contributed by atoms with E-state index >= 15 is 0 Å². The first kappa shape index (κ1) is 24.3. The second kappa shape index (κ2) is 12.0. The van der Waals surface area contributed by atoms with Crippen molar-refractivity contribution in [3.63, 3.8) is 0 Å². The number of aryl methyl sites for hydroxylation is 1. The van der Waals surface area contributed by atoms with Crippen molar-refractivity contribution in [1.82, 2.24) is 10.2 Å². The molecule has 0 radical (unpaired) electrons. The molecule has 1 fully saturated rings. The van der Waals surface area contributed by atoms with Crippen LogP contribution in [0.4, 0.5) is 4.39 Å². The summed E-state index contributed by atoms with van der Waals surface area (Å²) < 4.78 is 14.3. The van der Waals surface area contributed by atoms with E-state index in [-0.39, 0.29) is 36.0 Å². The zero-order valence-corrected chi connectivity index (χ0v) is 19.8. The van der Waals surface area contributed by atoms with Gasteiger partial charge < -0.3 is 10.2 Å². The van der Waals surface area contributed by atoms with Crippen LogP contribution in [-0.4, -0.2) is 34.6 Å².